The predicted molar refractivity (Wildman–Crippen MR) is 50.7 cm³/mol. The Kier molecular flexibility index (Phi) is 3.50. The van der Waals surface area contributed by atoms with Gasteiger partial charge in [-0.25, -0.2) is 4.39 Å². The van der Waals surface area contributed by atoms with Crippen LogP contribution in [0.4, 0.5) is 17.6 Å². The van der Waals surface area contributed by atoms with Gasteiger partial charge in [-0.15, -0.1) is 0 Å². The molecule has 1 rings (SSSR count). The van der Waals surface area contributed by atoms with Crippen LogP contribution in [0.3, 0.4) is 0 Å². The average Bonchev–Trinajstić information content (AvgIpc) is 2.12. The molecule has 82 valence electrons. The number of allylic oxidation sites excluding steroid dienone is 1. The molecule has 1 aromatic carbocycles. The highest BCUT2D eigenvalue weighted by atomic mass is 19.4. The summed E-state index contributed by atoms with van der Waals surface area (Å²) in [7, 11) is 0. The summed E-state index contributed by atoms with van der Waals surface area (Å²) in [5.41, 5.74) is -0.793. The molecular weight excluding hydrogens is 208 g/mol. The van der Waals surface area contributed by atoms with Crippen LogP contribution in [0.15, 0.2) is 24.3 Å². The van der Waals surface area contributed by atoms with Crippen LogP contribution in [0.1, 0.15) is 24.5 Å². The van der Waals surface area contributed by atoms with Crippen molar-refractivity contribution in [3.63, 3.8) is 0 Å². The molecule has 0 saturated heterocycles. The van der Waals surface area contributed by atoms with Crippen molar-refractivity contribution in [3.8, 4) is 0 Å². The number of rotatable bonds is 2. The minimum Gasteiger partial charge on any atom is -0.206 e. The zero-order valence-electron chi connectivity index (χ0n) is 8.11. The number of hydrogen-bond acceptors (Lipinski definition) is 0. The van der Waals surface area contributed by atoms with Gasteiger partial charge in [-0.05, 0) is 24.1 Å². The molecule has 0 radical (unpaired) electrons. The molecule has 0 nitrogen and oxygen atoms in total. The van der Waals surface area contributed by atoms with Crippen LogP contribution < -0.4 is 0 Å². The number of hydrogen-bond donors (Lipinski definition) is 0. The molecule has 0 atom stereocenters. The van der Waals surface area contributed by atoms with E-state index in [2.05, 4.69) is 0 Å². The van der Waals surface area contributed by atoms with Gasteiger partial charge in [-0.2, -0.15) is 13.2 Å². The second-order valence-corrected chi connectivity index (χ2v) is 3.05. The monoisotopic (exact) mass is 218 g/mol. The van der Waals surface area contributed by atoms with Gasteiger partial charge in [-0.1, -0.05) is 25.1 Å². The van der Waals surface area contributed by atoms with Gasteiger partial charge in [0.15, 0.2) is 0 Å². The Balaban J connectivity index is 3.04. The predicted octanol–water partition coefficient (Wildman–Crippen LogP) is 4.27. The van der Waals surface area contributed by atoms with Gasteiger partial charge in [0.2, 0.25) is 0 Å². The number of alkyl halides is 3. The Labute approximate surface area is 85.2 Å². The van der Waals surface area contributed by atoms with Gasteiger partial charge in [0.1, 0.15) is 5.82 Å². The average molecular weight is 218 g/mol. The summed E-state index contributed by atoms with van der Waals surface area (Å²) in [6.07, 6.45) is -0.537. The van der Waals surface area contributed by atoms with Gasteiger partial charge in [0.05, 0.1) is 5.56 Å². The quantitative estimate of drug-likeness (QED) is 0.650. The lowest BCUT2D eigenvalue weighted by molar-refractivity contribution is -0.140. The Morgan fingerprint density at radius 3 is 2.40 bits per heavy atom. The minimum atomic E-state index is -4.63. The maximum Gasteiger partial charge on any atom is 0.419 e. The molecule has 0 spiro atoms. The molecule has 0 bridgehead atoms. The third-order valence-corrected chi connectivity index (χ3v) is 1.84. The summed E-state index contributed by atoms with van der Waals surface area (Å²) < 4.78 is 49.5. The van der Waals surface area contributed by atoms with E-state index in [1.807, 2.05) is 6.92 Å². The van der Waals surface area contributed by atoms with Gasteiger partial charge >= 0.3 is 6.18 Å². The second-order valence-electron chi connectivity index (χ2n) is 3.05. The first-order valence-electron chi connectivity index (χ1n) is 4.48. The summed E-state index contributed by atoms with van der Waals surface area (Å²) in [6, 6.07) is 2.89. The summed E-state index contributed by atoms with van der Waals surface area (Å²) in [4.78, 5) is 0. The van der Waals surface area contributed by atoms with Crippen LogP contribution in [0.2, 0.25) is 0 Å². The molecule has 0 N–H and O–H groups in total. The summed E-state index contributed by atoms with van der Waals surface area (Å²) in [5, 5.41) is 0. The lowest BCUT2D eigenvalue weighted by atomic mass is 10.1. The van der Waals surface area contributed by atoms with Crippen LogP contribution in [0.25, 0.3) is 6.08 Å². The highest BCUT2D eigenvalue weighted by Gasteiger charge is 2.33. The molecular formula is C11H10F4. The largest absolute Gasteiger partial charge is 0.419 e. The summed E-state index contributed by atoms with van der Waals surface area (Å²) in [6.45, 7) is 1.89. The molecule has 4 heteroatoms. The van der Waals surface area contributed by atoms with Crippen LogP contribution in [-0.4, -0.2) is 0 Å². The van der Waals surface area contributed by atoms with E-state index in [-0.39, 0.29) is 0 Å². The van der Waals surface area contributed by atoms with Crippen molar-refractivity contribution in [1.29, 1.82) is 0 Å². The Morgan fingerprint density at radius 1 is 1.27 bits per heavy atom. The highest BCUT2D eigenvalue weighted by molar-refractivity contribution is 5.50. The van der Waals surface area contributed by atoms with Crippen LogP contribution in [-0.2, 0) is 6.18 Å². The van der Waals surface area contributed by atoms with Crippen molar-refractivity contribution in [1.82, 2.24) is 0 Å². The minimum absolute atomic E-state index is 0.433. The molecule has 0 aliphatic carbocycles. The van der Waals surface area contributed by atoms with Crippen molar-refractivity contribution in [2.75, 3.05) is 0 Å². The molecule has 1 aromatic rings. The lowest BCUT2D eigenvalue weighted by Gasteiger charge is -2.07. The second kappa shape index (κ2) is 4.47. The standard InChI is InChI=1S/C11H10F4/c1-2-3-4-8-5-6-9(10(12)7-8)11(13,14)15/h3-7H,2H2,1H3/b4-3+. The highest BCUT2D eigenvalue weighted by Crippen LogP contribution is 2.31. The van der Waals surface area contributed by atoms with Crippen molar-refractivity contribution in [3.05, 3.63) is 41.2 Å². The van der Waals surface area contributed by atoms with Crippen molar-refractivity contribution in [2.24, 2.45) is 0 Å². The molecule has 15 heavy (non-hydrogen) atoms. The third kappa shape index (κ3) is 3.08. The van der Waals surface area contributed by atoms with Crippen LogP contribution in [0, 0.1) is 5.82 Å². The van der Waals surface area contributed by atoms with E-state index >= 15 is 0 Å². The first kappa shape index (κ1) is 11.8. The van der Waals surface area contributed by atoms with Crippen LogP contribution in [0.5, 0.6) is 0 Å². The lowest BCUT2D eigenvalue weighted by Crippen LogP contribution is -2.07. The summed E-state index contributed by atoms with van der Waals surface area (Å²) in [5.74, 6) is -1.24. The van der Waals surface area contributed by atoms with E-state index in [0.29, 0.717) is 5.56 Å². The molecule has 0 saturated carbocycles. The zero-order chi connectivity index (χ0) is 11.5. The molecule has 0 aliphatic rings. The maximum atomic E-state index is 13.0. The summed E-state index contributed by atoms with van der Waals surface area (Å²) >= 11 is 0. The number of halogens is 4. The SMILES string of the molecule is CC/C=C/c1ccc(C(F)(F)F)c(F)c1. The van der Waals surface area contributed by atoms with Gasteiger partial charge in [0, 0.05) is 0 Å². The topological polar surface area (TPSA) is 0 Å². The Bertz CT molecular complexity index is 363. The Hall–Kier alpha value is -1.32. The Morgan fingerprint density at radius 2 is 1.93 bits per heavy atom. The third-order valence-electron chi connectivity index (χ3n) is 1.84. The fourth-order valence-electron chi connectivity index (χ4n) is 1.12. The van der Waals surface area contributed by atoms with Gasteiger partial charge < -0.3 is 0 Å². The van der Waals surface area contributed by atoms with E-state index in [9.17, 15) is 17.6 Å². The fraction of sp³-hybridized carbons (Fsp3) is 0.273. The van der Waals surface area contributed by atoms with Crippen molar-refractivity contribution < 1.29 is 17.6 Å². The maximum absolute atomic E-state index is 13.0. The van der Waals surface area contributed by atoms with Crippen molar-refractivity contribution >= 4 is 6.08 Å². The van der Waals surface area contributed by atoms with E-state index < -0.39 is 17.6 Å². The molecule has 0 aromatic heterocycles. The molecule has 0 amide bonds. The number of benzene rings is 1. The van der Waals surface area contributed by atoms with E-state index in [0.717, 1.165) is 18.6 Å². The van der Waals surface area contributed by atoms with Gasteiger partial charge in [-0.3, -0.25) is 0 Å². The van der Waals surface area contributed by atoms with Crippen LogP contribution >= 0.6 is 0 Å². The van der Waals surface area contributed by atoms with Crippen molar-refractivity contribution in [2.45, 2.75) is 19.5 Å². The molecule has 0 unspecified atom stereocenters. The van der Waals surface area contributed by atoms with E-state index in [4.69, 9.17) is 0 Å². The van der Waals surface area contributed by atoms with E-state index in [1.54, 1.807) is 12.2 Å². The molecule has 0 heterocycles. The normalized spacial score (nSPS) is 12.3. The fourth-order valence-corrected chi connectivity index (χ4v) is 1.12. The molecule has 0 aliphatic heterocycles. The van der Waals surface area contributed by atoms with E-state index in [1.165, 1.54) is 6.07 Å². The first-order chi connectivity index (χ1) is 6.95. The zero-order valence-corrected chi connectivity index (χ0v) is 8.11. The molecule has 0 fully saturated rings. The van der Waals surface area contributed by atoms with Gasteiger partial charge in [0.25, 0.3) is 0 Å². The first-order valence-corrected chi connectivity index (χ1v) is 4.48. The smallest absolute Gasteiger partial charge is 0.206 e.